The van der Waals surface area contributed by atoms with Crippen molar-refractivity contribution in [3.8, 4) is 11.1 Å². The minimum atomic E-state index is -0.0672. The zero-order valence-electron chi connectivity index (χ0n) is 11.5. The highest BCUT2D eigenvalue weighted by Gasteiger charge is 2.07. The van der Waals surface area contributed by atoms with Gasteiger partial charge in [-0.15, -0.1) is 0 Å². The summed E-state index contributed by atoms with van der Waals surface area (Å²) in [5, 5.41) is 2.91. The molecule has 0 saturated carbocycles. The van der Waals surface area contributed by atoms with Gasteiger partial charge in [-0.25, -0.2) is 0 Å². The first-order valence-electron chi connectivity index (χ1n) is 6.89. The van der Waals surface area contributed by atoms with Gasteiger partial charge in [0.15, 0.2) is 0 Å². The van der Waals surface area contributed by atoms with Crippen molar-refractivity contribution in [2.45, 2.75) is 6.54 Å². The Labute approximate surface area is 123 Å². The van der Waals surface area contributed by atoms with Crippen molar-refractivity contribution < 1.29 is 4.79 Å². The minimum Gasteiger partial charge on any atom is -0.364 e. The molecule has 3 aromatic rings. The van der Waals surface area contributed by atoms with Gasteiger partial charge in [-0.05, 0) is 35.4 Å². The molecule has 1 amide bonds. The lowest BCUT2D eigenvalue weighted by Crippen LogP contribution is -2.22. The summed E-state index contributed by atoms with van der Waals surface area (Å²) in [4.78, 5) is 15.3. The molecule has 104 valence electrons. The molecule has 3 rings (SSSR count). The van der Waals surface area contributed by atoms with Crippen LogP contribution in [0.1, 0.15) is 16.1 Å². The van der Waals surface area contributed by atoms with E-state index in [1.807, 2.05) is 72.9 Å². The van der Waals surface area contributed by atoms with Crippen LogP contribution in [0.5, 0.6) is 0 Å². The molecule has 0 atom stereocenters. The fraction of sp³-hybridized carbons (Fsp3) is 0.0556. The molecule has 0 radical (unpaired) electrons. The first-order valence-corrected chi connectivity index (χ1v) is 6.89. The molecule has 1 heterocycles. The molecule has 0 unspecified atom stereocenters. The van der Waals surface area contributed by atoms with Gasteiger partial charge < -0.3 is 10.3 Å². The van der Waals surface area contributed by atoms with Gasteiger partial charge in [0.1, 0.15) is 0 Å². The number of amides is 1. The summed E-state index contributed by atoms with van der Waals surface area (Å²) in [6.07, 6.45) is 1.84. The maximum atomic E-state index is 12.2. The summed E-state index contributed by atoms with van der Waals surface area (Å²) < 4.78 is 0. The van der Waals surface area contributed by atoms with E-state index in [0.717, 1.165) is 16.8 Å². The molecule has 3 heteroatoms. The highest BCUT2D eigenvalue weighted by Crippen LogP contribution is 2.19. The number of hydrogen-bond donors (Lipinski definition) is 2. The smallest absolute Gasteiger partial charge is 0.251 e. The second-order valence-electron chi connectivity index (χ2n) is 4.82. The Kier molecular flexibility index (Phi) is 3.83. The van der Waals surface area contributed by atoms with Crippen molar-refractivity contribution in [2.24, 2.45) is 0 Å². The van der Waals surface area contributed by atoms with Crippen LogP contribution >= 0.6 is 0 Å². The van der Waals surface area contributed by atoms with E-state index in [1.165, 1.54) is 0 Å². The second-order valence-corrected chi connectivity index (χ2v) is 4.82. The predicted octanol–water partition coefficient (Wildman–Crippen LogP) is 3.61. The third kappa shape index (κ3) is 3.20. The zero-order chi connectivity index (χ0) is 14.5. The third-order valence-electron chi connectivity index (χ3n) is 3.33. The minimum absolute atomic E-state index is 0.0672. The van der Waals surface area contributed by atoms with Gasteiger partial charge in [0.25, 0.3) is 5.91 Å². The van der Waals surface area contributed by atoms with Crippen molar-refractivity contribution in [3.05, 3.63) is 84.2 Å². The van der Waals surface area contributed by atoms with Crippen LogP contribution in [-0.4, -0.2) is 10.9 Å². The van der Waals surface area contributed by atoms with Crippen LogP contribution in [0.3, 0.4) is 0 Å². The molecule has 21 heavy (non-hydrogen) atoms. The van der Waals surface area contributed by atoms with Crippen molar-refractivity contribution in [2.75, 3.05) is 0 Å². The van der Waals surface area contributed by atoms with E-state index in [0.29, 0.717) is 12.1 Å². The molecule has 1 aromatic heterocycles. The van der Waals surface area contributed by atoms with Gasteiger partial charge in [0.05, 0.1) is 6.54 Å². The van der Waals surface area contributed by atoms with E-state index in [-0.39, 0.29) is 5.91 Å². The van der Waals surface area contributed by atoms with E-state index >= 15 is 0 Å². The molecule has 0 spiro atoms. The van der Waals surface area contributed by atoms with Gasteiger partial charge in [0, 0.05) is 17.5 Å². The summed E-state index contributed by atoms with van der Waals surface area (Å²) in [6, 6.07) is 21.6. The lowest BCUT2D eigenvalue weighted by molar-refractivity contribution is 0.0950. The zero-order valence-corrected chi connectivity index (χ0v) is 11.5. The molecule has 0 saturated heterocycles. The monoisotopic (exact) mass is 276 g/mol. The van der Waals surface area contributed by atoms with E-state index in [9.17, 15) is 4.79 Å². The van der Waals surface area contributed by atoms with Gasteiger partial charge in [-0.2, -0.15) is 0 Å². The van der Waals surface area contributed by atoms with E-state index in [2.05, 4.69) is 10.3 Å². The third-order valence-corrected chi connectivity index (χ3v) is 3.33. The van der Waals surface area contributed by atoms with Gasteiger partial charge in [-0.3, -0.25) is 4.79 Å². The molecule has 0 aliphatic heterocycles. The van der Waals surface area contributed by atoms with Crippen LogP contribution in [0.4, 0.5) is 0 Å². The van der Waals surface area contributed by atoms with E-state index in [1.54, 1.807) is 0 Å². The molecule has 2 N–H and O–H groups in total. The lowest BCUT2D eigenvalue weighted by Gasteiger charge is -2.06. The molecule has 0 aliphatic carbocycles. The first-order chi connectivity index (χ1) is 10.3. The second kappa shape index (κ2) is 6.09. The molecule has 2 aromatic carbocycles. The number of aromatic nitrogens is 1. The van der Waals surface area contributed by atoms with Gasteiger partial charge in [0.2, 0.25) is 0 Å². The highest BCUT2D eigenvalue weighted by atomic mass is 16.1. The number of rotatable bonds is 4. The standard InChI is InChI=1S/C18H16N2O/c21-18(20-13-17-10-5-11-19-17)16-9-4-8-15(12-16)14-6-2-1-3-7-14/h1-12,19H,13H2,(H,20,21). The Morgan fingerprint density at radius 1 is 0.905 bits per heavy atom. The maximum Gasteiger partial charge on any atom is 0.251 e. The average molecular weight is 276 g/mol. The van der Waals surface area contributed by atoms with Crippen LogP contribution in [0.2, 0.25) is 0 Å². The molecule has 0 fully saturated rings. The highest BCUT2D eigenvalue weighted by molar-refractivity contribution is 5.95. The number of H-pyrrole nitrogens is 1. The Hall–Kier alpha value is -2.81. The fourth-order valence-corrected chi connectivity index (χ4v) is 2.23. The summed E-state index contributed by atoms with van der Waals surface area (Å²) in [5.41, 5.74) is 3.81. The Balaban J connectivity index is 1.75. The molecule has 3 nitrogen and oxygen atoms in total. The number of nitrogens with one attached hydrogen (secondary N) is 2. The van der Waals surface area contributed by atoms with Gasteiger partial charge in [-0.1, -0.05) is 42.5 Å². The van der Waals surface area contributed by atoms with Crippen LogP contribution in [0, 0.1) is 0 Å². The molecule has 0 bridgehead atoms. The molecule has 0 aliphatic rings. The van der Waals surface area contributed by atoms with E-state index in [4.69, 9.17) is 0 Å². The number of carbonyl (C=O) groups excluding carboxylic acids is 1. The summed E-state index contributed by atoms with van der Waals surface area (Å²) in [7, 11) is 0. The SMILES string of the molecule is O=C(NCc1ccc[nH]1)c1cccc(-c2ccccc2)c1. The predicted molar refractivity (Wildman–Crippen MR) is 83.8 cm³/mol. The van der Waals surface area contributed by atoms with Crippen LogP contribution < -0.4 is 5.32 Å². The molecular formula is C18H16N2O. The Morgan fingerprint density at radius 2 is 1.71 bits per heavy atom. The summed E-state index contributed by atoms with van der Waals surface area (Å²) in [5.74, 6) is -0.0672. The van der Waals surface area contributed by atoms with Crippen molar-refractivity contribution >= 4 is 5.91 Å². The van der Waals surface area contributed by atoms with Crippen molar-refractivity contribution in [1.82, 2.24) is 10.3 Å². The quantitative estimate of drug-likeness (QED) is 0.751. The Morgan fingerprint density at radius 3 is 2.48 bits per heavy atom. The van der Waals surface area contributed by atoms with Crippen molar-refractivity contribution in [3.63, 3.8) is 0 Å². The van der Waals surface area contributed by atoms with E-state index < -0.39 is 0 Å². The van der Waals surface area contributed by atoms with Crippen LogP contribution in [0.15, 0.2) is 72.9 Å². The molecular weight excluding hydrogens is 260 g/mol. The topological polar surface area (TPSA) is 44.9 Å². The number of carbonyl (C=O) groups is 1. The first kappa shape index (κ1) is 13.2. The largest absolute Gasteiger partial charge is 0.364 e. The number of aromatic amines is 1. The number of benzene rings is 2. The normalized spacial score (nSPS) is 10.3. The Bertz CT molecular complexity index is 718. The lowest BCUT2D eigenvalue weighted by atomic mass is 10.0. The van der Waals surface area contributed by atoms with Crippen molar-refractivity contribution in [1.29, 1.82) is 0 Å². The maximum absolute atomic E-state index is 12.2. The van der Waals surface area contributed by atoms with Crippen LogP contribution in [-0.2, 0) is 6.54 Å². The van der Waals surface area contributed by atoms with Crippen LogP contribution in [0.25, 0.3) is 11.1 Å². The number of hydrogen-bond acceptors (Lipinski definition) is 1. The fourth-order valence-electron chi connectivity index (χ4n) is 2.23. The summed E-state index contributed by atoms with van der Waals surface area (Å²) in [6.45, 7) is 0.501. The average Bonchev–Trinajstić information content (AvgIpc) is 3.07. The summed E-state index contributed by atoms with van der Waals surface area (Å²) >= 11 is 0. The van der Waals surface area contributed by atoms with Gasteiger partial charge >= 0.3 is 0 Å².